The highest BCUT2D eigenvalue weighted by Crippen LogP contribution is 2.24. The van der Waals surface area contributed by atoms with Gasteiger partial charge in [0.15, 0.2) is 0 Å². The molecule has 0 aliphatic rings. The van der Waals surface area contributed by atoms with Crippen molar-refractivity contribution in [2.75, 3.05) is 6.54 Å². The summed E-state index contributed by atoms with van der Waals surface area (Å²) < 4.78 is 13.5. The van der Waals surface area contributed by atoms with Crippen molar-refractivity contribution in [2.24, 2.45) is 0 Å². The molecule has 1 atom stereocenters. The van der Waals surface area contributed by atoms with E-state index in [1.807, 2.05) is 19.1 Å². The molecule has 0 spiro atoms. The minimum Gasteiger partial charge on any atom is -0.355 e. The Labute approximate surface area is 139 Å². The fraction of sp³-hybridized carbons (Fsp3) is 0.235. The molecule has 0 bridgehead atoms. The molecule has 2 aromatic rings. The molecule has 0 radical (unpaired) electrons. The Bertz CT molecular complexity index is 633. The fourth-order valence-electron chi connectivity index (χ4n) is 1.94. The lowest BCUT2D eigenvalue weighted by Gasteiger charge is -2.12. The summed E-state index contributed by atoms with van der Waals surface area (Å²) in [6.07, 6.45) is 0.483. The highest BCUT2D eigenvalue weighted by atomic mass is 35.5. The van der Waals surface area contributed by atoms with Crippen molar-refractivity contribution in [2.45, 2.75) is 23.5 Å². The first-order chi connectivity index (χ1) is 10.6. The van der Waals surface area contributed by atoms with Crippen molar-refractivity contribution >= 4 is 29.3 Å². The van der Waals surface area contributed by atoms with Crippen LogP contribution in [-0.2, 0) is 11.2 Å². The van der Waals surface area contributed by atoms with Gasteiger partial charge in [0.2, 0.25) is 5.91 Å². The number of amides is 1. The maximum absolute atomic E-state index is 13.5. The summed E-state index contributed by atoms with van der Waals surface area (Å²) in [5.74, 6) is -0.295. The lowest BCUT2D eigenvalue weighted by Crippen LogP contribution is -2.32. The van der Waals surface area contributed by atoms with Gasteiger partial charge in [0, 0.05) is 16.5 Å². The maximum Gasteiger partial charge on any atom is 0.233 e. The molecule has 2 nitrogen and oxygen atoms in total. The molecule has 1 N–H and O–H groups in total. The Balaban J connectivity index is 1.79. The fourth-order valence-corrected chi connectivity index (χ4v) is 2.95. The summed E-state index contributed by atoms with van der Waals surface area (Å²) in [5, 5.41) is 3.29. The van der Waals surface area contributed by atoms with E-state index in [0.29, 0.717) is 23.6 Å². The number of nitrogens with one attached hydrogen (secondary N) is 1. The summed E-state index contributed by atoms with van der Waals surface area (Å²) in [4.78, 5) is 13.0. The van der Waals surface area contributed by atoms with E-state index >= 15 is 0 Å². The number of hydrogen-bond acceptors (Lipinski definition) is 2. The Kier molecular flexibility index (Phi) is 6.28. The van der Waals surface area contributed by atoms with Crippen LogP contribution >= 0.6 is 23.4 Å². The number of carbonyl (C=O) groups excluding carboxylic acids is 1. The summed E-state index contributed by atoms with van der Waals surface area (Å²) in [6, 6.07) is 14.0. The molecule has 22 heavy (non-hydrogen) atoms. The molecule has 0 saturated carbocycles. The number of thioether (sulfide) groups is 1. The van der Waals surface area contributed by atoms with E-state index < -0.39 is 0 Å². The molecule has 2 aromatic carbocycles. The van der Waals surface area contributed by atoms with E-state index in [9.17, 15) is 9.18 Å². The molecule has 0 aliphatic carbocycles. The molecule has 5 heteroatoms. The smallest absolute Gasteiger partial charge is 0.233 e. The summed E-state index contributed by atoms with van der Waals surface area (Å²) in [6.45, 7) is 2.27. The van der Waals surface area contributed by atoms with Gasteiger partial charge in [-0.2, -0.15) is 0 Å². The predicted molar refractivity (Wildman–Crippen MR) is 89.9 cm³/mol. The molecule has 0 saturated heterocycles. The highest BCUT2D eigenvalue weighted by molar-refractivity contribution is 8.00. The molecule has 1 amide bonds. The first kappa shape index (κ1) is 16.8. The standard InChI is InChI=1S/C17H17ClFNOS/c1-12(22-15-8-6-14(18)7-9-15)17(21)20-11-10-13-4-2-3-5-16(13)19/h2-9,12H,10-11H2,1H3,(H,20,21). The van der Waals surface area contributed by atoms with Gasteiger partial charge in [0.1, 0.15) is 5.82 Å². The van der Waals surface area contributed by atoms with E-state index in [-0.39, 0.29) is 17.0 Å². The third-order valence-electron chi connectivity index (χ3n) is 3.15. The third kappa shape index (κ3) is 5.04. The third-order valence-corrected chi connectivity index (χ3v) is 4.51. The molecule has 0 heterocycles. The molecule has 0 fully saturated rings. The van der Waals surface area contributed by atoms with Crippen LogP contribution in [0.25, 0.3) is 0 Å². The molecular formula is C17H17ClFNOS. The monoisotopic (exact) mass is 337 g/mol. The minimum absolute atomic E-state index is 0.0590. The van der Waals surface area contributed by atoms with Gasteiger partial charge < -0.3 is 5.32 Å². The van der Waals surface area contributed by atoms with E-state index in [0.717, 1.165) is 4.90 Å². The lowest BCUT2D eigenvalue weighted by atomic mass is 10.1. The van der Waals surface area contributed by atoms with E-state index in [1.165, 1.54) is 17.8 Å². The van der Waals surface area contributed by atoms with Gasteiger partial charge in [-0.3, -0.25) is 4.79 Å². The Morgan fingerprint density at radius 3 is 2.59 bits per heavy atom. The Morgan fingerprint density at radius 2 is 1.91 bits per heavy atom. The maximum atomic E-state index is 13.5. The highest BCUT2D eigenvalue weighted by Gasteiger charge is 2.14. The summed E-state index contributed by atoms with van der Waals surface area (Å²) in [5.41, 5.74) is 0.612. The SMILES string of the molecule is CC(Sc1ccc(Cl)cc1)C(=O)NCCc1ccccc1F. The lowest BCUT2D eigenvalue weighted by molar-refractivity contribution is -0.120. The first-order valence-corrected chi connectivity index (χ1v) is 8.25. The van der Waals surface area contributed by atoms with Gasteiger partial charge >= 0.3 is 0 Å². The quantitative estimate of drug-likeness (QED) is 0.795. The van der Waals surface area contributed by atoms with Crippen LogP contribution in [0, 0.1) is 5.82 Å². The molecule has 1 unspecified atom stereocenters. The van der Waals surface area contributed by atoms with Gasteiger partial charge in [-0.15, -0.1) is 11.8 Å². The van der Waals surface area contributed by atoms with Crippen LogP contribution in [0.3, 0.4) is 0 Å². The number of carbonyl (C=O) groups is 1. The van der Waals surface area contributed by atoms with Crippen LogP contribution in [0.4, 0.5) is 4.39 Å². The normalized spacial score (nSPS) is 12.0. The van der Waals surface area contributed by atoms with Crippen LogP contribution in [0.2, 0.25) is 5.02 Å². The largest absolute Gasteiger partial charge is 0.355 e. The second kappa shape index (κ2) is 8.20. The number of rotatable bonds is 6. The minimum atomic E-state index is -0.236. The van der Waals surface area contributed by atoms with Crippen molar-refractivity contribution in [3.63, 3.8) is 0 Å². The number of hydrogen-bond donors (Lipinski definition) is 1. The summed E-state index contributed by atoms with van der Waals surface area (Å²) >= 11 is 7.30. The van der Waals surface area contributed by atoms with Crippen molar-refractivity contribution in [3.05, 3.63) is 64.9 Å². The molecule has 116 valence electrons. The van der Waals surface area contributed by atoms with E-state index in [1.54, 1.807) is 30.3 Å². The zero-order chi connectivity index (χ0) is 15.9. The zero-order valence-electron chi connectivity index (χ0n) is 12.2. The summed E-state index contributed by atoms with van der Waals surface area (Å²) in [7, 11) is 0. The van der Waals surface area contributed by atoms with Crippen LogP contribution < -0.4 is 5.32 Å². The van der Waals surface area contributed by atoms with Crippen LogP contribution in [0.1, 0.15) is 12.5 Å². The van der Waals surface area contributed by atoms with Crippen LogP contribution in [-0.4, -0.2) is 17.7 Å². The molecule has 2 rings (SSSR count). The Hall–Kier alpha value is -1.52. The topological polar surface area (TPSA) is 29.1 Å². The van der Waals surface area contributed by atoms with E-state index in [2.05, 4.69) is 5.32 Å². The van der Waals surface area contributed by atoms with Crippen molar-refractivity contribution < 1.29 is 9.18 Å². The molecule has 0 aliphatic heterocycles. The van der Waals surface area contributed by atoms with Gasteiger partial charge in [0.05, 0.1) is 5.25 Å². The van der Waals surface area contributed by atoms with Crippen molar-refractivity contribution in [1.82, 2.24) is 5.32 Å². The molecular weight excluding hydrogens is 321 g/mol. The Morgan fingerprint density at radius 1 is 1.23 bits per heavy atom. The number of benzene rings is 2. The van der Waals surface area contributed by atoms with Gasteiger partial charge in [-0.25, -0.2) is 4.39 Å². The van der Waals surface area contributed by atoms with Crippen molar-refractivity contribution in [3.8, 4) is 0 Å². The average Bonchev–Trinajstić information content (AvgIpc) is 2.51. The first-order valence-electron chi connectivity index (χ1n) is 6.99. The number of halogens is 2. The second-order valence-corrected chi connectivity index (χ2v) is 6.70. The van der Waals surface area contributed by atoms with Crippen LogP contribution in [0.5, 0.6) is 0 Å². The zero-order valence-corrected chi connectivity index (χ0v) is 13.8. The second-order valence-electron chi connectivity index (χ2n) is 4.85. The van der Waals surface area contributed by atoms with Crippen LogP contribution in [0.15, 0.2) is 53.4 Å². The van der Waals surface area contributed by atoms with E-state index in [4.69, 9.17) is 11.6 Å². The van der Waals surface area contributed by atoms with Crippen molar-refractivity contribution in [1.29, 1.82) is 0 Å². The van der Waals surface area contributed by atoms with Gasteiger partial charge in [0.25, 0.3) is 0 Å². The molecule has 0 aromatic heterocycles. The van der Waals surface area contributed by atoms with Gasteiger partial charge in [-0.05, 0) is 49.2 Å². The predicted octanol–water partition coefficient (Wildman–Crippen LogP) is 4.32. The van der Waals surface area contributed by atoms with Gasteiger partial charge in [-0.1, -0.05) is 29.8 Å². The average molecular weight is 338 g/mol.